The topological polar surface area (TPSA) is 58.2 Å². The van der Waals surface area contributed by atoms with Crippen LogP contribution in [-0.4, -0.2) is 40.2 Å². The highest BCUT2D eigenvalue weighted by Crippen LogP contribution is 2.16. The van der Waals surface area contributed by atoms with Gasteiger partial charge in [0.15, 0.2) is 0 Å². The zero-order valence-corrected chi connectivity index (χ0v) is 11.9. The first-order valence-corrected chi connectivity index (χ1v) is 7.33. The van der Waals surface area contributed by atoms with E-state index in [0.717, 1.165) is 24.5 Å². The molecule has 2 unspecified atom stereocenters. The maximum atomic E-state index is 11.9. The second-order valence-electron chi connectivity index (χ2n) is 5.07. The van der Waals surface area contributed by atoms with E-state index in [9.17, 15) is 4.79 Å². The number of hydrogen-bond acceptors (Lipinski definition) is 5. The molecule has 102 valence electrons. The predicted octanol–water partition coefficient (Wildman–Crippen LogP) is 1.59. The summed E-state index contributed by atoms with van der Waals surface area (Å²) in [6.07, 6.45) is 0.229. The Kier molecular flexibility index (Phi) is 3.38. The summed E-state index contributed by atoms with van der Waals surface area (Å²) < 4.78 is 6.31. The van der Waals surface area contributed by atoms with Gasteiger partial charge in [0.05, 0.1) is 24.8 Å². The van der Waals surface area contributed by atoms with Crippen molar-refractivity contribution in [3.63, 3.8) is 0 Å². The number of aromatic nitrogens is 2. The third kappa shape index (κ3) is 2.56. The Labute approximate surface area is 115 Å². The molecule has 0 aliphatic carbocycles. The van der Waals surface area contributed by atoms with Crippen LogP contribution in [0.5, 0.6) is 0 Å². The van der Waals surface area contributed by atoms with Gasteiger partial charge in [0, 0.05) is 12.6 Å². The number of rotatable bonds is 2. The van der Waals surface area contributed by atoms with E-state index in [2.05, 4.69) is 28.7 Å². The molecule has 0 amide bonds. The molecule has 1 saturated heterocycles. The third-order valence-electron chi connectivity index (χ3n) is 3.45. The Morgan fingerprint density at radius 1 is 1.58 bits per heavy atom. The summed E-state index contributed by atoms with van der Waals surface area (Å²) in [5, 5.41) is 1.90. The average molecular weight is 279 g/mol. The molecule has 5 nitrogen and oxygen atoms in total. The van der Waals surface area contributed by atoms with Gasteiger partial charge >= 0.3 is 0 Å². The first kappa shape index (κ1) is 12.8. The fourth-order valence-corrected chi connectivity index (χ4v) is 3.11. The highest BCUT2D eigenvalue weighted by molar-refractivity contribution is 7.17. The maximum absolute atomic E-state index is 11.9. The molecule has 3 heterocycles. The molecule has 0 bridgehead atoms. The maximum Gasteiger partial charge on any atom is 0.268 e. The van der Waals surface area contributed by atoms with Crippen LogP contribution in [0.15, 0.2) is 16.2 Å². The summed E-state index contributed by atoms with van der Waals surface area (Å²) in [6, 6.07) is 2.24. The van der Waals surface area contributed by atoms with Crippen molar-refractivity contribution in [2.45, 2.75) is 32.5 Å². The van der Waals surface area contributed by atoms with Crippen LogP contribution in [0.25, 0.3) is 10.2 Å². The van der Waals surface area contributed by atoms with Gasteiger partial charge in [0.25, 0.3) is 5.56 Å². The molecule has 1 aliphatic rings. The second kappa shape index (κ2) is 5.03. The van der Waals surface area contributed by atoms with E-state index in [1.807, 2.05) is 11.4 Å². The molecule has 2 atom stereocenters. The summed E-state index contributed by atoms with van der Waals surface area (Å²) in [5.74, 6) is 0.733. The van der Waals surface area contributed by atoms with E-state index < -0.39 is 0 Å². The number of aromatic amines is 1. The van der Waals surface area contributed by atoms with Crippen molar-refractivity contribution in [3.8, 4) is 0 Å². The van der Waals surface area contributed by atoms with Crippen molar-refractivity contribution in [2.75, 3.05) is 13.2 Å². The van der Waals surface area contributed by atoms with Gasteiger partial charge in [-0.15, -0.1) is 11.3 Å². The van der Waals surface area contributed by atoms with Crippen LogP contribution >= 0.6 is 11.3 Å². The molecule has 3 rings (SSSR count). The number of morpholine rings is 1. The Bertz CT molecular complexity index is 636. The van der Waals surface area contributed by atoms with Crippen LogP contribution in [0.2, 0.25) is 0 Å². The van der Waals surface area contributed by atoms with Crippen molar-refractivity contribution >= 4 is 21.6 Å². The van der Waals surface area contributed by atoms with Gasteiger partial charge in [-0.05, 0) is 25.3 Å². The van der Waals surface area contributed by atoms with E-state index in [1.165, 1.54) is 11.3 Å². The van der Waals surface area contributed by atoms with Gasteiger partial charge in [0.1, 0.15) is 10.5 Å². The minimum atomic E-state index is -0.0380. The highest BCUT2D eigenvalue weighted by atomic mass is 32.1. The van der Waals surface area contributed by atoms with E-state index in [1.54, 1.807) is 0 Å². The fourth-order valence-electron chi connectivity index (χ4n) is 2.38. The first-order valence-electron chi connectivity index (χ1n) is 6.45. The Balaban J connectivity index is 1.86. The molecule has 19 heavy (non-hydrogen) atoms. The lowest BCUT2D eigenvalue weighted by atomic mass is 10.2. The molecule has 0 saturated carbocycles. The van der Waals surface area contributed by atoms with Crippen LogP contribution < -0.4 is 5.56 Å². The molecule has 1 fully saturated rings. The molecule has 2 aromatic rings. The Morgan fingerprint density at radius 2 is 2.42 bits per heavy atom. The average Bonchev–Trinajstić information content (AvgIpc) is 2.82. The standard InChI is InChI=1S/C13H17N3O2S/c1-8-7-18-9(2)5-16(8)6-11-14-10-3-4-19-12(10)13(17)15-11/h3-4,8-9H,5-7H2,1-2H3,(H,14,15,17). The van der Waals surface area contributed by atoms with Crippen molar-refractivity contribution in [3.05, 3.63) is 27.6 Å². The van der Waals surface area contributed by atoms with E-state index in [4.69, 9.17) is 4.74 Å². The van der Waals surface area contributed by atoms with Crippen molar-refractivity contribution < 1.29 is 4.74 Å². The summed E-state index contributed by atoms with van der Waals surface area (Å²) in [4.78, 5) is 21.6. The predicted molar refractivity (Wildman–Crippen MR) is 75.5 cm³/mol. The van der Waals surface area contributed by atoms with Crippen LogP contribution in [-0.2, 0) is 11.3 Å². The van der Waals surface area contributed by atoms with Crippen LogP contribution in [0.3, 0.4) is 0 Å². The summed E-state index contributed by atoms with van der Waals surface area (Å²) in [5.41, 5.74) is 0.752. The minimum Gasteiger partial charge on any atom is -0.376 e. The van der Waals surface area contributed by atoms with Crippen LogP contribution in [0, 0.1) is 0 Å². The van der Waals surface area contributed by atoms with Gasteiger partial charge in [-0.25, -0.2) is 4.98 Å². The summed E-state index contributed by atoms with van der Waals surface area (Å²) in [7, 11) is 0. The lowest BCUT2D eigenvalue weighted by molar-refractivity contribution is -0.0534. The number of hydrogen-bond donors (Lipinski definition) is 1. The molecule has 1 aliphatic heterocycles. The monoisotopic (exact) mass is 279 g/mol. The van der Waals surface area contributed by atoms with Gasteiger partial charge in [-0.3, -0.25) is 9.69 Å². The molecule has 1 N–H and O–H groups in total. The lowest BCUT2D eigenvalue weighted by Crippen LogP contribution is -2.47. The molecular formula is C13H17N3O2S. The fraction of sp³-hybridized carbons (Fsp3) is 0.538. The quantitative estimate of drug-likeness (QED) is 0.907. The molecule has 6 heteroatoms. The molecule has 0 radical (unpaired) electrons. The number of H-pyrrole nitrogens is 1. The Hall–Kier alpha value is -1.24. The summed E-state index contributed by atoms with van der Waals surface area (Å²) >= 11 is 1.43. The summed E-state index contributed by atoms with van der Waals surface area (Å²) in [6.45, 7) is 6.46. The number of nitrogens with one attached hydrogen (secondary N) is 1. The Morgan fingerprint density at radius 3 is 3.26 bits per heavy atom. The number of ether oxygens (including phenoxy) is 1. The zero-order chi connectivity index (χ0) is 13.4. The largest absolute Gasteiger partial charge is 0.376 e. The van der Waals surface area contributed by atoms with Crippen molar-refractivity contribution in [2.24, 2.45) is 0 Å². The third-order valence-corrected chi connectivity index (χ3v) is 4.36. The molecular weight excluding hydrogens is 262 g/mol. The van der Waals surface area contributed by atoms with Gasteiger partial charge in [-0.2, -0.15) is 0 Å². The van der Waals surface area contributed by atoms with E-state index >= 15 is 0 Å². The van der Waals surface area contributed by atoms with Gasteiger partial charge in [0.2, 0.25) is 0 Å². The van der Waals surface area contributed by atoms with E-state index in [-0.39, 0.29) is 11.7 Å². The van der Waals surface area contributed by atoms with Crippen molar-refractivity contribution in [1.29, 1.82) is 0 Å². The number of fused-ring (bicyclic) bond motifs is 1. The van der Waals surface area contributed by atoms with Crippen molar-refractivity contribution in [1.82, 2.24) is 14.9 Å². The minimum absolute atomic E-state index is 0.0380. The molecule has 2 aromatic heterocycles. The van der Waals surface area contributed by atoms with Crippen LogP contribution in [0.1, 0.15) is 19.7 Å². The van der Waals surface area contributed by atoms with E-state index in [0.29, 0.717) is 17.3 Å². The number of thiophene rings is 1. The molecule has 0 spiro atoms. The van der Waals surface area contributed by atoms with Crippen LogP contribution in [0.4, 0.5) is 0 Å². The van der Waals surface area contributed by atoms with Gasteiger partial charge in [-0.1, -0.05) is 0 Å². The first-order chi connectivity index (χ1) is 9.13. The second-order valence-corrected chi connectivity index (χ2v) is 5.99. The smallest absolute Gasteiger partial charge is 0.268 e. The molecule has 0 aromatic carbocycles. The number of nitrogens with zero attached hydrogens (tertiary/aromatic N) is 2. The zero-order valence-electron chi connectivity index (χ0n) is 11.0. The SMILES string of the molecule is CC1CN(Cc2nc3ccsc3c(=O)[nH]2)C(C)CO1. The van der Waals surface area contributed by atoms with Gasteiger partial charge < -0.3 is 9.72 Å². The lowest BCUT2D eigenvalue weighted by Gasteiger charge is -2.36. The normalized spacial score (nSPS) is 24.9. The highest BCUT2D eigenvalue weighted by Gasteiger charge is 2.24.